The highest BCUT2D eigenvalue weighted by Crippen LogP contribution is 3.06. The molecule has 0 aromatic carbocycles. The van der Waals surface area contributed by atoms with E-state index in [-0.39, 0.29) is 20.2 Å². The van der Waals surface area contributed by atoms with Crippen molar-refractivity contribution in [2.45, 2.75) is 26.8 Å². The number of alkyl halides is 2. The Morgan fingerprint density at radius 3 is 1.56 bits per heavy atom. The molecule has 0 heterocycles. The van der Waals surface area contributed by atoms with Gasteiger partial charge < -0.3 is 9.84 Å². The van der Waals surface area contributed by atoms with Gasteiger partial charge in [-0.1, -0.05) is 31.9 Å². The molecule has 140 valence electrons. The number of aliphatic hydroxyl groups is 1. The van der Waals surface area contributed by atoms with E-state index in [4.69, 9.17) is 4.74 Å². The first kappa shape index (κ1) is 13.6. The van der Waals surface area contributed by atoms with Gasteiger partial charge in [-0.3, -0.25) is 4.79 Å². The molecule has 0 aromatic heterocycles. The molecule has 5 heteroatoms. The zero-order chi connectivity index (χ0) is 17.5. The van der Waals surface area contributed by atoms with Crippen LogP contribution in [0.3, 0.4) is 0 Å². The summed E-state index contributed by atoms with van der Waals surface area (Å²) in [5.41, 5.74) is -0.672. The second kappa shape index (κ2) is 2.92. The largest absolute Gasteiger partial charge is 0.457 e. The van der Waals surface area contributed by atoms with Gasteiger partial charge in [0.1, 0.15) is 5.60 Å². The van der Waals surface area contributed by atoms with Gasteiger partial charge in [-0.15, -0.1) is 0 Å². The van der Waals surface area contributed by atoms with Gasteiger partial charge in [0.05, 0.1) is 14.2 Å². The van der Waals surface area contributed by atoms with Crippen molar-refractivity contribution in [3.05, 3.63) is 0 Å². The smallest absolute Gasteiger partial charge is 0.303 e. The fourth-order valence-corrected chi connectivity index (χ4v) is 19.2. The molecular formula is C22H20Br2O3. The zero-order valence-corrected chi connectivity index (χ0v) is 17.9. The quantitative estimate of drug-likeness (QED) is 0.452. The van der Waals surface area contributed by atoms with Crippen LogP contribution in [-0.4, -0.2) is 30.9 Å². The molecule has 0 amide bonds. The van der Waals surface area contributed by atoms with Gasteiger partial charge in [0.15, 0.2) is 0 Å². The molecule has 12 aliphatic rings. The first-order valence-corrected chi connectivity index (χ1v) is 12.8. The molecule has 0 aliphatic heterocycles. The number of carbonyl (C=O) groups excluding carboxylic acids is 1. The predicted molar refractivity (Wildman–Crippen MR) is 98.6 cm³/mol. The summed E-state index contributed by atoms with van der Waals surface area (Å²) < 4.78 is 6.70. The first-order valence-electron chi connectivity index (χ1n) is 11.2. The summed E-state index contributed by atoms with van der Waals surface area (Å²) in [7, 11) is 0. The van der Waals surface area contributed by atoms with E-state index < -0.39 is 5.60 Å². The lowest BCUT2D eigenvalue weighted by molar-refractivity contribution is -0.168. The van der Waals surface area contributed by atoms with Crippen molar-refractivity contribution in [1.82, 2.24) is 0 Å². The predicted octanol–water partition coefficient (Wildman–Crippen LogP) is 2.30. The van der Waals surface area contributed by atoms with Crippen LogP contribution in [0, 0.1) is 94.7 Å². The van der Waals surface area contributed by atoms with E-state index in [0.29, 0.717) is 82.9 Å². The summed E-state index contributed by atoms with van der Waals surface area (Å²) in [5.74, 6) is 10.5. The molecule has 0 bridgehead atoms. The molecule has 0 aromatic rings. The normalized spacial score (nSPS) is 93.9. The number of hydrogen-bond donors (Lipinski definition) is 1. The van der Waals surface area contributed by atoms with E-state index in [2.05, 4.69) is 31.9 Å². The minimum atomic E-state index is -0.442. The molecule has 0 spiro atoms. The highest BCUT2D eigenvalue weighted by Gasteiger charge is 3.10. The highest BCUT2D eigenvalue weighted by molar-refractivity contribution is 9.10. The van der Waals surface area contributed by atoms with Gasteiger partial charge in [0.25, 0.3) is 0 Å². The lowest BCUT2D eigenvalue weighted by Gasteiger charge is -2.47. The van der Waals surface area contributed by atoms with E-state index in [1.807, 2.05) is 0 Å². The van der Waals surface area contributed by atoms with Gasteiger partial charge in [-0.25, -0.2) is 0 Å². The molecule has 27 heavy (non-hydrogen) atoms. The van der Waals surface area contributed by atoms with Gasteiger partial charge >= 0.3 is 5.97 Å². The number of halogens is 2. The van der Waals surface area contributed by atoms with Crippen molar-refractivity contribution in [1.29, 1.82) is 0 Å². The summed E-state index contributed by atoms with van der Waals surface area (Å²) >= 11 is 8.87. The molecule has 12 fully saturated rings. The molecule has 0 radical (unpaired) electrons. The van der Waals surface area contributed by atoms with Crippen LogP contribution in [0.1, 0.15) is 6.92 Å². The standard InChI is InChI=1S/C22H20Br2O3/c1-2(25)27-22-17-7-5-11-3-4-12-6-8(14(4)20(22,24)13(3)7)18(22)10-9(17)15(5)21(26,16(6)10)19(11,12)23/h3-18,26H,1H3/t3-,4-,5-,6+,7+,8-,9-,10-,11+,12-,13-,14+,15+,16-,17-,18+,19?,20?,21?,22?/m0/s1. The van der Waals surface area contributed by atoms with Crippen LogP contribution in [0.5, 0.6) is 0 Å². The van der Waals surface area contributed by atoms with Crippen LogP contribution in [0.4, 0.5) is 0 Å². The van der Waals surface area contributed by atoms with Crippen LogP contribution in [0.25, 0.3) is 0 Å². The maximum atomic E-state index is 12.5. The van der Waals surface area contributed by atoms with E-state index in [1.54, 1.807) is 6.92 Å². The molecule has 12 rings (SSSR count). The number of rotatable bonds is 1. The molecule has 20 atom stereocenters. The highest BCUT2D eigenvalue weighted by atomic mass is 79.9. The topological polar surface area (TPSA) is 46.5 Å². The van der Waals surface area contributed by atoms with Gasteiger partial charge in [0.2, 0.25) is 0 Å². The van der Waals surface area contributed by atoms with Crippen LogP contribution in [0.15, 0.2) is 0 Å². The molecule has 3 nitrogen and oxygen atoms in total. The Labute approximate surface area is 173 Å². The van der Waals surface area contributed by atoms with E-state index in [0.717, 1.165) is 11.8 Å². The third kappa shape index (κ3) is 0.685. The molecule has 0 saturated heterocycles. The summed E-state index contributed by atoms with van der Waals surface area (Å²) in [5, 5.41) is 12.5. The Bertz CT molecular complexity index is 944. The third-order valence-corrected chi connectivity index (χ3v) is 17.3. The second-order valence-electron chi connectivity index (χ2n) is 12.6. The number of carbonyl (C=O) groups is 1. The number of esters is 1. The maximum absolute atomic E-state index is 12.5. The summed E-state index contributed by atoms with van der Waals surface area (Å²) in [4.78, 5) is 12.5. The number of hydrogen-bond acceptors (Lipinski definition) is 3. The van der Waals surface area contributed by atoms with Crippen molar-refractivity contribution in [3.63, 3.8) is 0 Å². The van der Waals surface area contributed by atoms with Crippen molar-refractivity contribution in [3.8, 4) is 0 Å². The summed E-state index contributed by atoms with van der Waals surface area (Å²) in [6.45, 7) is 1.65. The second-order valence-corrected chi connectivity index (χ2v) is 15.2. The van der Waals surface area contributed by atoms with Crippen molar-refractivity contribution in [2.24, 2.45) is 94.7 Å². The number of ether oxygens (including phenoxy) is 1. The molecule has 4 unspecified atom stereocenters. The Morgan fingerprint density at radius 1 is 0.704 bits per heavy atom. The minimum Gasteiger partial charge on any atom is -0.457 e. The Morgan fingerprint density at radius 2 is 1.07 bits per heavy atom. The SMILES string of the molecule is CC(=O)OC12[C@H]3[C@@H]4[C@@H]5[C@@H]6[C@@H]3[C@H]3[C@@H]7[C@@H]8[C@@H]([C@H]9[C@H]%10[C@@H]([C@H]5C(Br)([C@H]8%10)C67O)[C@@H]4C91Br)[C@H]32. The van der Waals surface area contributed by atoms with Crippen LogP contribution < -0.4 is 0 Å². The molecule has 1 N–H and O–H groups in total. The fraction of sp³-hybridized carbons (Fsp3) is 0.955. The van der Waals surface area contributed by atoms with Crippen molar-refractivity contribution < 1.29 is 14.6 Å². The maximum Gasteiger partial charge on any atom is 0.303 e. The van der Waals surface area contributed by atoms with Crippen molar-refractivity contribution in [2.75, 3.05) is 0 Å². The average Bonchev–Trinajstić information content (AvgIpc) is 3.35. The van der Waals surface area contributed by atoms with E-state index >= 15 is 0 Å². The molecule has 12 saturated carbocycles. The Hall–Kier alpha value is 0.390. The lowest BCUT2D eigenvalue weighted by atomic mass is 9.73. The van der Waals surface area contributed by atoms with Gasteiger partial charge in [-0.05, 0) is 82.9 Å². The average molecular weight is 492 g/mol. The molecule has 12 aliphatic carbocycles. The fourth-order valence-electron chi connectivity index (χ4n) is 15.6. The lowest BCUT2D eigenvalue weighted by Crippen LogP contribution is -2.58. The summed E-state index contributed by atoms with van der Waals surface area (Å²) in [6, 6.07) is 0. The minimum absolute atomic E-state index is 0.0377. The first-order chi connectivity index (χ1) is 12.9. The van der Waals surface area contributed by atoms with E-state index in [1.165, 1.54) is 0 Å². The van der Waals surface area contributed by atoms with Crippen LogP contribution in [-0.2, 0) is 9.53 Å². The van der Waals surface area contributed by atoms with Gasteiger partial charge in [0, 0.05) is 18.8 Å². The Kier molecular flexibility index (Phi) is 1.47. The Balaban J connectivity index is 1.39. The summed E-state index contributed by atoms with van der Waals surface area (Å²) in [6.07, 6.45) is 0. The van der Waals surface area contributed by atoms with Crippen molar-refractivity contribution >= 4 is 37.8 Å². The molecular weight excluding hydrogens is 472 g/mol. The zero-order valence-electron chi connectivity index (χ0n) is 14.8. The monoisotopic (exact) mass is 490 g/mol. The van der Waals surface area contributed by atoms with E-state index in [9.17, 15) is 9.90 Å². The van der Waals surface area contributed by atoms with Crippen LogP contribution >= 0.6 is 31.9 Å². The van der Waals surface area contributed by atoms with Gasteiger partial charge in [-0.2, -0.15) is 0 Å². The van der Waals surface area contributed by atoms with Crippen LogP contribution in [0.2, 0.25) is 0 Å². The third-order valence-electron chi connectivity index (χ3n) is 13.9.